The van der Waals surface area contributed by atoms with Gasteiger partial charge in [-0.2, -0.15) is 4.98 Å². The third-order valence-electron chi connectivity index (χ3n) is 4.57. The second-order valence-corrected chi connectivity index (χ2v) is 6.24. The lowest BCUT2D eigenvalue weighted by molar-refractivity contribution is 0.102. The summed E-state index contributed by atoms with van der Waals surface area (Å²) in [4.78, 5) is 20.3. The first-order valence-corrected chi connectivity index (χ1v) is 8.89. The van der Waals surface area contributed by atoms with Crippen LogP contribution in [0.5, 0.6) is 23.0 Å². The van der Waals surface area contributed by atoms with Crippen LogP contribution >= 0.6 is 0 Å². The summed E-state index contributed by atoms with van der Waals surface area (Å²) >= 11 is 0. The van der Waals surface area contributed by atoms with E-state index in [9.17, 15) is 4.79 Å². The minimum Gasteiger partial charge on any atom is -0.497 e. The van der Waals surface area contributed by atoms with Crippen LogP contribution in [-0.4, -0.2) is 54.5 Å². The van der Waals surface area contributed by atoms with Crippen LogP contribution in [0.25, 0.3) is 22.1 Å². The molecule has 2 N–H and O–H groups in total. The summed E-state index contributed by atoms with van der Waals surface area (Å²) in [6, 6.07) is 8.62. The Morgan fingerprint density at radius 3 is 2.30 bits per heavy atom. The second-order valence-electron chi connectivity index (χ2n) is 6.24. The fraction of sp³-hybridized carbons (Fsp3) is 0.200. The lowest BCUT2D eigenvalue weighted by Crippen LogP contribution is -2.15. The number of nitrogens with one attached hydrogen (secondary N) is 2. The van der Waals surface area contributed by atoms with E-state index in [0.717, 1.165) is 10.9 Å². The quantitative estimate of drug-likeness (QED) is 0.499. The molecule has 0 unspecified atom stereocenters. The summed E-state index contributed by atoms with van der Waals surface area (Å²) in [7, 11) is 6.04. The van der Waals surface area contributed by atoms with Crippen molar-refractivity contribution in [3.8, 4) is 23.0 Å². The number of carbonyl (C=O) groups is 1. The standard InChI is InChI=1S/C20H19N5O5/c1-27-11-5-6-13-12(9-11)16-18(21-13)22-20(25-24-16)23-19(26)10-7-14(28-2)17(30-4)15(8-10)29-3/h5-9H,1-4H3,(H2,21,22,23,25,26). The molecule has 154 valence electrons. The Morgan fingerprint density at radius 1 is 0.933 bits per heavy atom. The normalized spacial score (nSPS) is 10.8. The lowest BCUT2D eigenvalue weighted by Gasteiger charge is -2.13. The van der Waals surface area contributed by atoms with Gasteiger partial charge in [-0.15, -0.1) is 10.2 Å². The molecular weight excluding hydrogens is 390 g/mol. The van der Waals surface area contributed by atoms with Crippen molar-refractivity contribution >= 4 is 33.9 Å². The number of amides is 1. The lowest BCUT2D eigenvalue weighted by atomic mass is 10.1. The highest BCUT2D eigenvalue weighted by Crippen LogP contribution is 2.38. The Hall–Kier alpha value is -4.08. The number of carbonyl (C=O) groups excluding carboxylic acids is 1. The molecule has 0 aliphatic carbocycles. The monoisotopic (exact) mass is 409 g/mol. The third kappa shape index (κ3) is 3.28. The van der Waals surface area contributed by atoms with Gasteiger partial charge in [0.05, 0.1) is 28.4 Å². The molecule has 2 heterocycles. The highest BCUT2D eigenvalue weighted by atomic mass is 16.5. The maximum absolute atomic E-state index is 12.7. The highest BCUT2D eigenvalue weighted by molar-refractivity contribution is 6.06. The van der Waals surface area contributed by atoms with Crippen molar-refractivity contribution in [1.29, 1.82) is 0 Å². The topological polar surface area (TPSA) is 120 Å². The van der Waals surface area contributed by atoms with E-state index < -0.39 is 5.91 Å². The van der Waals surface area contributed by atoms with E-state index in [2.05, 4.69) is 25.5 Å². The fourth-order valence-electron chi connectivity index (χ4n) is 3.12. The largest absolute Gasteiger partial charge is 0.497 e. The van der Waals surface area contributed by atoms with E-state index in [-0.39, 0.29) is 11.5 Å². The van der Waals surface area contributed by atoms with Gasteiger partial charge in [-0.05, 0) is 30.3 Å². The molecule has 2 aromatic carbocycles. The molecule has 4 aromatic rings. The second kappa shape index (κ2) is 7.74. The smallest absolute Gasteiger partial charge is 0.258 e. The average molecular weight is 409 g/mol. The van der Waals surface area contributed by atoms with Crippen LogP contribution in [0.3, 0.4) is 0 Å². The summed E-state index contributed by atoms with van der Waals surface area (Å²) < 4.78 is 21.1. The van der Waals surface area contributed by atoms with Gasteiger partial charge in [0.25, 0.3) is 11.9 Å². The molecular formula is C20H19N5O5. The number of aromatic amines is 1. The van der Waals surface area contributed by atoms with Crippen molar-refractivity contribution in [2.75, 3.05) is 33.8 Å². The van der Waals surface area contributed by atoms with Crippen LogP contribution < -0.4 is 24.3 Å². The van der Waals surface area contributed by atoms with Crippen molar-refractivity contribution in [3.05, 3.63) is 35.9 Å². The van der Waals surface area contributed by atoms with E-state index in [1.54, 1.807) is 7.11 Å². The van der Waals surface area contributed by atoms with E-state index >= 15 is 0 Å². The van der Waals surface area contributed by atoms with Crippen molar-refractivity contribution < 1.29 is 23.7 Å². The molecule has 0 spiro atoms. The van der Waals surface area contributed by atoms with E-state index in [0.29, 0.717) is 34.2 Å². The van der Waals surface area contributed by atoms with Gasteiger partial charge in [-0.25, -0.2) is 0 Å². The molecule has 10 heteroatoms. The number of aromatic nitrogens is 4. The summed E-state index contributed by atoms with van der Waals surface area (Å²) in [5.74, 6) is 1.42. The zero-order valence-electron chi connectivity index (χ0n) is 16.8. The molecule has 0 saturated heterocycles. The number of hydrogen-bond acceptors (Lipinski definition) is 8. The molecule has 0 aliphatic heterocycles. The van der Waals surface area contributed by atoms with Crippen LogP contribution in [0.1, 0.15) is 10.4 Å². The number of methoxy groups -OCH3 is 4. The first-order valence-electron chi connectivity index (χ1n) is 8.89. The Kier molecular flexibility index (Phi) is 4.97. The van der Waals surface area contributed by atoms with Crippen LogP contribution in [0.4, 0.5) is 5.95 Å². The Labute approximate surface area is 171 Å². The van der Waals surface area contributed by atoms with E-state index in [1.165, 1.54) is 33.5 Å². The van der Waals surface area contributed by atoms with Gasteiger partial charge >= 0.3 is 0 Å². The summed E-state index contributed by atoms with van der Waals surface area (Å²) in [6.45, 7) is 0. The average Bonchev–Trinajstić information content (AvgIpc) is 3.14. The molecule has 2 aromatic heterocycles. The Balaban J connectivity index is 1.67. The van der Waals surface area contributed by atoms with Crippen molar-refractivity contribution in [3.63, 3.8) is 0 Å². The first kappa shape index (κ1) is 19.2. The summed E-state index contributed by atoms with van der Waals surface area (Å²) in [5, 5.41) is 11.7. The predicted octanol–water partition coefficient (Wildman–Crippen LogP) is 2.79. The minimum atomic E-state index is -0.451. The SMILES string of the molecule is COc1ccc2[nH]c3nc(NC(=O)c4cc(OC)c(OC)c(OC)c4)nnc3c2c1. The summed E-state index contributed by atoms with van der Waals surface area (Å²) in [6.07, 6.45) is 0. The number of ether oxygens (including phenoxy) is 4. The van der Waals surface area contributed by atoms with Gasteiger partial charge in [0, 0.05) is 16.5 Å². The molecule has 0 fully saturated rings. The van der Waals surface area contributed by atoms with Gasteiger partial charge in [0.2, 0.25) is 5.75 Å². The molecule has 0 aliphatic rings. The Bertz CT molecular complexity index is 1230. The van der Waals surface area contributed by atoms with Crippen LogP contribution in [-0.2, 0) is 0 Å². The van der Waals surface area contributed by atoms with Gasteiger partial charge in [-0.1, -0.05) is 0 Å². The van der Waals surface area contributed by atoms with Gasteiger partial charge in [-0.3, -0.25) is 10.1 Å². The minimum absolute atomic E-state index is 0.0553. The maximum atomic E-state index is 12.7. The highest BCUT2D eigenvalue weighted by Gasteiger charge is 2.18. The van der Waals surface area contributed by atoms with Crippen LogP contribution in [0.2, 0.25) is 0 Å². The first-order chi connectivity index (χ1) is 14.6. The van der Waals surface area contributed by atoms with E-state index in [4.69, 9.17) is 18.9 Å². The molecule has 0 radical (unpaired) electrons. The maximum Gasteiger partial charge on any atom is 0.258 e. The molecule has 0 atom stereocenters. The van der Waals surface area contributed by atoms with Gasteiger partial charge in [0.1, 0.15) is 11.3 Å². The summed E-state index contributed by atoms with van der Waals surface area (Å²) in [5.41, 5.74) is 2.19. The number of H-pyrrole nitrogens is 1. The van der Waals surface area contributed by atoms with Crippen LogP contribution in [0.15, 0.2) is 30.3 Å². The molecule has 4 rings (SSSR count). The number of nitrogens with zero attached hydrogens (tertiary/aromatic N) is 3. The van der Waals surface area contributed by atoms with Crippen molar-refractivity contribution in [2.24, 2.45) is 0 Å². The number of hydrogen-bond donors (Lipinski definition) is 2. The van der Waals surface area contributed by atoms with Crippen molar-refractivity contribution in [1.82, 2.24) is 20.2 Å². The molecule has 30 heavy (non-hydrogen) atoms. The molecule has 1 amide bonds. The molecule has 0 saturated carbocycles. The van der Waals surface area contributed by atoms with E-state index in [1.807, 2.05) is 18.2 Å². The number of benzene rings is 2. The van der Waals surface area contributed by atoms with Gasteiger partial charge in [0.15, 0.2) is 17.1 Å². The fourth-order valence-corrected chi connectivity index (χ4v) is 3.12. The predicted molar refractivity (Wildman–Crippen MR) is 110 cm³/mol. The number of fused-ring (bicyclic) bond motifs is 3. The molecule has 0 bridgehead atoms. The zero-order valence-corrected chi connectivity index (χ0v) is 16.8. The van der Waals surface area contributed by atoms with Crippen LogP contribution in [0, 0.1) is 0 Å². The van der Waals surface area contributed by atoms with Gasteiger partial charge < -0.3 is 23.9 Å². The zero-order chi connectivity index (χ0) is 21.3. The third-order valence-corrected chi connectivity index (χ3v) is 4.57. The Morgan fingerprint density at radius 2 is 1.67 bits per heavy atom. The number of anilines is 1. The van der Waals surface area contributed by atoms with Crippen molar-refractivity contribution in [2.45, 2.75) is 0 Å². The number of rotatable bonds is 6. The molecule has 10 nitrogen and oxygen atoms in total.